The van der Waals surface area contributed by atoms with Crippen LogP contribution in [0.3, 0.4) is 0 Å². The quantitative estimate of drug-likeness (QED) is 0.814. The largest absolute Gasteiger partial charge is 0.374 e. The van der Waals surface area contributed by atoms with Crippen LogP contribution in [-0.4, -0.2) is 56.7 Å². The highest BCUT2D eigenvalue weighted by Gasteiger charge is 2.16. The van der Waals surface area contributed by atoms with E-state index in [0.29, 0.717) is 6.54 Å². The number of hydrogen-bond acceptors (Lipinski definition) is 4. The Hall–Kier alpha value is -1.43. The predicted octanol–water partition coefficient (Wildman–Crippen LogP) is 0.545. The van der Waals surface area contributed by atoms with Crippen molar-refractivity contribution >= 4 is 11.6 Å². The van der Waals surface area contributed by atoms with Crippen molar-refractivity contribution in [1.82, 2.24) is 10.2 Å². The molecule has 1 heterocycles. The Morgan fingerprint density at radius 3 is 2.95 bits per heavy atom. The number of nitrogens with one attached hydrogen (secondary N) is 2. The van der Waals surface area contributed by atoms with Gasteiger partial charge in [0.15, 0.2) is 0 Å². The van der Waals surface area contributed by atoms with Crippen molar-refractivity contribution in [2.75, 3.05) is 45.2 Å². The van der Waals surface area contributed by atoms with Gasteiger partial charge in [-0.2, -0.15) is 0 Å². The van der Waals surface area contributed by atoms with Crippen LogP contribution in [0, 0.1) is 0 Å². The molecule has 1 aromatic rings. The fourth-order valence-corrected chi connectivity index (χ4v) is 2.12. The number of benzene rings is 1. The van der Waals surface area contributed by atoms with Crippen LogP contribution in [-0.2, 0) is 9.53 Å². The summed E-state index contributed by atoms with van der Waals surface area (Å²) in [6, 6.07) is 9.50. The molecule has 1 unspecified atom stereocenters. The molecular formula is C14H21N3O2. The standard InChI is InChI=1S/C14H21N3O2/c1-17(10-13-9-15-7-8-19-13)11-14(18)16-12-5-3-2-4-6-12/h2-6,13,15H,7-11H2,1H3,(H,16,18). The predicted molar refractivity (Wildman–Crippen MR) is 75.2 cm³/mol. The van der Waals surface area contributed by atoms with Crippen molar-refractivity contribution in [3.8, 4) is 0 Å². The second kappa shape index (κ2) is 7.23. The van der Waals surface area contributed by atoms with Gasteiger partial charge >= 0.3 is 0 Å². The van der Waals surface area contributed by atoms with Gasteiger partial charge in [0.05, 0.1) is 19.3 Å². The number of ether oxygens (including phenoxy) is 1. The van der Waals surface area contributed by atoms with Gasteiger partial charge in [0.1, 0.15) is 0 Å². The van der Waals surface area contributed by atoms with E-state index in [0.717, 1.165) is 31.9 Å². The van der Waals surface area contributed by atoms with E-state index < -0.39 is 0 Å². The molecule has 0 aromatic heterocycles. The molecule has 0 aliphatic carbocycles. The maximum absolute atomic E-state index is 11.9. The molecule has 1 atom stereocenters. The minimum absolute atomic E-state index is 0.00234. The molecule has 104 valence electrons. The minimum atomic E-state index is -0.00234. The number of carbonyl (C=O) groups excluding carboxylic acids is 1. The summed E-state index contributed by atoms with van der Waals surface area (Å²) in [6.07, 6.45) is 0.170. The fourth-order valence-electron chi connectivity index (χ4n) is 2.12. The molecule has 1 amide bonds. The van der Waals surface area contributed by atoms with Crippen molar-refractivity contribution < 1.29 is 9.53 Å². The summed E-state index contributed by atoms with van der Waals surface area (Å²) >= 11 is 0. The van der Waals surface area contributed by atoms with E-state index in [4.69, 9.17) is 4.74 Å². The summed E-state index contributed by atoms with van der Waals surface area (Å²) in [6.45, 7) is 3.64. The summed E-state index contributed by atoms with van der Waals surface area (Å²) in [7, 11) is 1.93. The Balaban J connectivity index is 1.72. The molecule has 1 aliphatic heterocycles. The van der Waals surface area contributed by atoms with E-state index in [1.807, 2.05) is 42.3 Å². The van der Waals surface area contributed by atoms with Crippen molar-refractivity contribution in [2.24, 2.45) is 0 Å². The lowest BCUT2D eigenvalue weighted by molar-refractivity contribution is -0.117. The van der Waals surface area contributed by atoms with E-state index in [1.165, 1.54) is 0 Å². The topological polar surface area (TPSA) is 53.6 Å². The Morgan fingerprint density at radius 2 is 2.26 bits per heavy atom. The third-order valence-corrected chi connectivity index (χ3v) is 2.99. The Kier molecular flexibility index (Phi) is 5.32. The van der Waals surface area contributed by atoms with Crippen molar-refractivity contribution in [3.05, 3.63) is 30.3 Å². The summed E-state index contributed by atoms with van der Waals surface area (Å²) in [5.41, 5.74) is 0.830. The zero-order valence-electron chi connectivity index (χ0n) is 11.3. The maximum Gasteiger partial charge on any atom is 0.238 e. The molecule has 1 aromatic carbocycles. The summed E-state index contributed by atoms with van der Waals surface area (Å²) < 4.78 is 5.61. The van der Waals surface area contributed by atoms with Crippen LogP contribution in [0.5, 0.6) is 0 Å². The van der Waals surface area contributed by atoms with Crippen LogP contribution in [0.25, 0.3) is 0 Å². The van der Waals surface area contributed by atoms with Crippen LogP contribution in [0.4, 0.5) is 5.69 Å². The lowest BCUT2D eigenvalue weighted by atomic mass is 10.3. The van der Waals surface area contributed by atoms with Gasteiger partial charge in [-0.15, -0.1) is 0 Å². The van der Waals surface area contributed by atoms with Gasteiger partial charge in [0.25, 0.3) is 0 Å². The molecule has 2 N–H and O–H groups in total. The van der Waals surface area contributed by atoms with Gasteiger partial charge in [0, 0.05) is 25.3 Å². The van der Waals surface area contributed by atoms with Crippen LogP contribution in [0.2, 0.25) is 0 Å². The molecule has 0 radical (unpaired) electrons. The number of rotatable bonds is 5. The highest BCUT2D eigenvalue weighted by atomic mass is 16.5. The van der Waals surface area contributed by atoms with Crippen LogP contribution >= 0.6 is 0 Å². The van der Waals surface area contributed by atoms with E-state index in [9.17, 15) is 4.79 Å². The van der Waals surface area contributed by atoms with Crippen molar-refractivity contribution in [2.45, 2.75) is 6.10 Å². The van der Waals surface area contributed by atoms with Crippen LogP contribution < -0.4 is 10.6 Å². The lowest BCUT2D eigenvalue weighted by Crippen LogP contribution is -2.45. The third-order valence-electron chi connectivity index (χ3n) is 2.99. The first-order valence-corrected chi connectivity index (χ1v) is 6.60. The number of para-hydroxylation sites is 1. The van der Waals surface area contributed by atoms with E-state index in [2.05, 4.69) is 10.6 Å². The zero-order chi connectivity index (χ0) is 13.5. The number of likely N-dealkylation sites (N-methyl/N-ethyl adjacent to an activating group) is 1. The van der Waals surface area contributed by atoms with Gasteiger partial charge in [-0.25, -0.2) is 0 Å². The SMILES string of the molecule is CN(CC(=O)Nc1ccccc1)CC1CNCCO1. The number of amides is 1. The Morgan fingerprint density at radius 1 is 1.47 bits per heavy atom. The average molecular weight is 263 g/mol. The van der Waals surface area contributed by atoms with Crippen molar-refractivity contribution in [1.29, 1.82) is 0 Å². The molecule has 1 aliphatic rings. The molecule has 0 saturated carbocycles. The van der Waals surface area contributed by atoms with Crippen molar-refractivity contribution in [3.63, 3.8) is 0 Å². The maximum atomic E-state index is 11.9. The van der Waals surface area contributed by atoms with Gasteiger partial charge in [-0.1, -0.05) is 18.2 Å². The molecule has 19 heavy (non-hydrogen) atoms. The molecule has 1 saturated heterocycles. The zero-order valence-corrected chi connectivity index (χ0v) is 11.3. The average Bonchev–Trinajstić information content (AvgIpc) is 2.40. The number of anilines is 1. The minimum Gasteiger partial charge on any atom is -0.374 e. The molecule has 1 fully saturated rings. The smallest absolute Gasteiger partial charge is 0.238 e. The van der Waals surface area contributed by atoms with Gasteiger partial charge < -0.3 is 15.4 Å². The fraction of sp³-hybridized carbons (Fsp3) is 0.500. The van der Waals surface area contributed by atoms with Gasteiger partial charge in [0.2, 0.25) is 5.91 Å². The van der Waals surface area contributed by atoms with Gasteiger partial charge in [-0.3, -0.25) is 9.69 Å². The molecular weight excluding hydrogens is 242 g/mol. The first-order valence-electron chi connectivity index (χ1n) is 6.60. The van der Waals surface area contributed by atoms with Crippen LogP contribution in [0.1, 0.15) is 0 Å². The Labute approximate surface area is 113 Å². The second-order valence-electron chi connectivity index (χ2n) is 4.81. The first kappa shape index (κ1) is 14.0. The normalized spacial score (nSPS) is 19.4. The highest BCUT2D eigenvalue weighted by molar-refractivity contribution is 5.92. The van der Waals surface area contributed by atoms with Crippen LogP contribution in [0.15, 0.2) is 30.3 Å². The second-order valence-corrected chi connectivity index (χ2v) is 4.81. The lowest BCUT2D eigenvalue weighted by Gasteiger charge is -2.27. The molecule has 0 spiro atoms. The number of hydrogen-bond donors (Lipinski definition) is 2. The summed E-state index contributed by atoms with van der Waals surface area (Å²) in [5.74, 6) is -0.00234. The molecule has 2 rings (SSSR count). The summed E-state index contributed by atoms with van der Waals surface area (Å²) in [4.78, 5) is 13.8. The first-order chi connectivity index (χ1) is 9.24. The third kappa shape index (κ3) is 4.98. The highest BCUT2D eigenvalue weighted by Crippen LogP contribution is 2.05. The molecule has 5 heteroatoms. The van der Waals surface area contributed by atoms with E-state index in [-0.39, 0.29) is 12.0 Å². The molecule has 5 nitrogen and oxygen atoms in total. The van der Waals surface area contributed by atoms with Gasteiger partial charge in [-0.05, 0) is 19.2 Å². The summed E-state index contributed by atoms with van der Waals surface area (Å²) in [5, 5.41) is 6.15. The number of carbonyl (C=O) groups is 1. The number of morpholine rings is 1. The number of nitrogens with zero attached hydrogens (tertiary/aromatic N) is 1. The van der Waals surface area contributed by atoms with E-state index >= 15 is 0 Å². The molecule has 0 bridgehead atoms. The van der Waals surface area contributed by atoms with E-state index in [1.54, 1.807) is 0 Å². The monoisotopic (exact) mass is 263 g/mol. The Bertz CT molecular complexity index is 391.